The van der Waals surface area contributed by atoms with Crippen LogP contribution in [0.25, 0.3) is 0 Å². The molecule has 0 spiro atoms. The van der Waals surface area contributed by atoms with Gasteiger partial charge in [-0.05, 0) is 47.0 Å². The Hall–Kier alpha value is -0.700. The Balaban J connectivity index is 2.08. The molecule has 2 nitrogen and oxygen atoms in total. The second-order valence-electron chi connectivity index (χ2n) is 5.57. The van der Waals surface area contributed by atoms with E-state index in [2.05, 4.69) is 40.7 Å². The van der Waals surface area contributed by atoms with Crippen molar-refractivity contribution in [1.29, 1.82) is 0 Å². The zero-order chi connectivity index (χ0) is 13.2. The molecule has 0 radical (unpaired) electrons. The quantitative estimate of drug-likeness (QED) is 0.815. The molecule has 0 aliphatic carbocycles. The highest BCUT2D eigenvalue weighted by Crippen LogP contribution is 2.44. The average Bonchev–Trinajstić information content (AvgIpc) is 2.29. The molecular weight excluding hydrogens is 288 g/mol. The van der Waals surface area contributed by atoms with Crippen LogP contribution >= 0.6 is 15.9 Å². The first-order valence-corrected chi connectivity index (χ1v) is 7.69. The summed E-state index contributed by atoms with van der Waals surface area (Å²) in [5.41, 5.74) is 8.52. The maximum atomic E-state index is 5.88. The van der Waals surface area contributed by atoms with Crippen molar-refractivity contribution in [3.63, 3.8) is 0 Å². The second-order valence-corrected chi connectivity index (χ2v) is 6.42. The van der Waals surface area contributed by atoms with Gasteiger partial charge in [-0.25, -0.2) is 0 Å². The van der Waals surface area contributed by atoms with Crippen molar-refractivity contribution in [3.05, 3.63) is 22.7 Å². The van der Waals surface area contributed by atoms with E-state index in [1.54, 1.807) is 0 Å². The third-order valence-electron chi connectivity index (χ3n) is 3.92. The monoisotopic (exact) mass is 310 g/mol. The fourth-order valence-electron chi connectivity index (χ4n) is 3.21. The minimum atomic E-state index is 0.549. The molecule has 1 heterocycles. The second kappa shape index (κ2) is 5.52. The summed E-state index contributed by atoms with van der Waals surface area (Å²) >= 11 is 3.62. The molecule has 1 aliphatic rings. The summed E-state index contributed by atoms with van der Waals surface area (Å²) in [6.07, 6.45) is 5.26. The van der Waals surface area contributed by atoms with Gasteiger partial charge in [0.05, 0.1) is 5.69 Å². The van der Waals surface area contributed by atoms with E-state index in [4.69, 9.17) is 5.73 Å². The maximum Gasteiger partial charge on any atom is 0.0531 e. The third kappa shape index (κ3) is 2.66. The molecule has 0 unspecified atom stereocenters. The van der Waals surface area contributed by atoms with Crippen molar-refractivity contribution in [2.24, 2.45) is 5.41 Å². The molecule has 2 N–H and O–H groups in total. The fraction of sp³-hybridized carbons (Fsp3) is 0.600. The summed E-state index contributed by atoms with van der Waals surface area (Å²) < 4.78 is 1.15. The molecule has 0 saturated carbocycles. The van der Waals surface area contributed by atoms with Gasteiger partial charge in [-0.3, -0.25) is 0 Å². The van der Waals surface area contributed by atoms with E-state index in [0.717, 1.165) is 10.2 Å². The summed E-state index contributed by atoms with van der Waals surface area (Å²) in [4.78, 5) is 2.45. The number of rotatable bonds is 5. The van der Waals surface area contributed by atoms with Gasteiger partial charge in [-0.1, -0.05) is 26.7 Å². The van der Waals surface area contributed by atoms with Gasteiger partial charge in [0.1, 0.15) is 0 Å². The van der Waals surface area contributed by atoms with Gasteiger partial charge in [0.15, 0.2) is 0 Å². The number of anilines is 2. The number of halogens is 1. The molecule has 100 valence electrons. The molecule has 0 bridgehead atoms. The molecule has 0 amide bonds. The Morgan fingerprint density at radius 2 is 1.83 bits per heavy atom. The molecule has 0 atom stereocenters. The van der Waals surface area contributed by atoms with Gasteiger partial charge in [0.2, 0.25) is 0 Å². The van der Waals surface area contributed by atoms with Crippen LogP contribution in [0.1, 0.15) is 39.5 Å². The van der Waals surface area contributed by atoms with Crippen LogP contribution in [0.15, 0.2) is 22.7 Å². The lowest BCUT2D eigenvalue weighted by molar-refractivity contribution is 0.173. The number of nitrogen functional groups attached to an aromatic ring is 1. The van der Waals surface area contributed by atoms with Crippen molar-refractivity contribution in [2.75, 3.05) is 23.7 Å². The Morgan fingerprint density at radius 1 is 1.22 bits per heavy atom. The van der Waals surface area contributed by atoms with Crippen LogP contribution in [0.2, 0.25) is 0 Å². The van der Waals surface area contributed by atoms with Crippen LogP contribution < -0.4 is 10.6 Å². The van der Waals surface area contributed by atoms with Gasteiger partial charge in [0, 0.05) is 28.7 Å². The molecule has 0 aromatic heterocycles. The molecule has 1 fully saturated rings. The topological polar surface area (TPSA) is 29.3 Å². The predicted octanol–water partition coefficient (Wildman–Crippen LogP) is 4.44. The standard InChI is InChI=1S/C15H23BrN2/c1-3-7-15(8-4-2)10-18(11-15)14-9-12(17)5-6-13(14)16/h5-6,9H,3-4,7-8,10-11,17H2,1-2H3. The van der Waals surface area contributed by atoms with Crippen molar-refractivity contribution in [2.45, 2.75) is 39.5 Å². The predicted molar refractivity (Wildman–Crippen MR) is 83.0 cm³/mol. The van der Waals surface area contributed by atoms with Gasteiger partial charge >= 0.3 is 0 Å². The molecule has 1 aliphatic heterocycles. The minimum absolute atomic E-state index is 0.549. The van der Waals surface area contributed by atoms with E-state index < -0.39 is 0 Å². The maximum absolute atomic E-state index is 5.88. The zero-order valence-electron chi connectivity index (χ0n) is 11.4. The average molecular weight is 311 g/mol. The number of hydrogen-bond acceptors (Lipinski definition) is 2. The van der Waals surface area contributed by atoms with Crippen LogP contribution in [0.3, 0.4) is 0 Å². The van der Waals surface area contributed by atoms with E-state index in [1.807, 2.05) is 12.1 Å². The first-order valence-electron chi connectivity index (χ1n) is 6.90. The van der Waals surface area contributed by atoms with Crippen LogP contribution in [-0.2, 0) is 0 Å². The molecule has 3 heteroatoms. The molecule has 1 aromatic rings. The SMILES string of the molecule is CCCC1(CCC)CN(c2cc(N)ccc2Br)C1. The molecular formula is C15H23BrN2. The van der Waals surface area contributed by atoms with E-state index in [-0.39, 0.29) is 0 Å². The number of benzene rings is 1. The number of hydrogen-bond donors (Lipinski definition) is 1. The lowest BCUT2D eigenvalue weighted by Crippen LogP contribution is -2.56. The van der Waals surface area contributed by atoms with Crippen LogP contribution in [-0.4, -0.2) is 13.1 Å². The van der Waals surface area contributed by atoms with Crippen LogP contribution in [0.4, 0.5) is 11.4 Å². The minimum Gasteiger partial charge on any atom is -0.399 e. The van der Waals surface area contributed by atoms with Gasteiger partial charge in [0.25, 0.3) is 0 Å². The summed E-state index contributed by atoms with van der Waals surface area (Å²) in [5.74, 6) is 0. The van der Waals surface area contributed by atoms with Crippen molar-refractivity contribution in [1.82, 2.24) is 0 Å². The van der Waals surface area contributed by atoms with E-state index in [9.17, 15) is 0 Å². The normalized spacial score (nSPS) is 17.6. The lowest BCUT2D eigenvalue weighted by Gasteiger charge is -2.52. The first-order chi connectivity index (χ1) is 8.60. The van der Waals surface area contributed by atoms with E-state index in [1.165, 1.54) is 44.5 Å². The van der Waals surface area contributed by atoms with Crippen molar-refractivity contribution < 1.29 is 0 Å². The summed E-state index contributed by atoms with van der Waals surface area (Å²) in [6, 6.07) is 6.06. The Kier molecular flexibility index (Phi) is 4.21. The van der Waals surface area contributed by atoms with Crippen LogP contribution in [0.5, 0.6) is 0 Å². The Morgan fingerprint density at radius 3 is 2.39 bits per heavy atom. The van der Waals surface area contributed by atoms with Gasteiger partial charge in [-0.15, -0.1) is 0 Å². The highest BCUT2D eigenvalue weighted by atomic mass is 79.9. The summed E-state index contributed by atoms with van der Waals surface area (Å²) in [6.45, 7) is 6.93. The Labute approximate surface area is 119 Å². The number of nitrogens with two attached hydrogens (primary N) is 1. The fourth-order valence-corrected chi connectivity index (χ4v) is 3.71. The summed E-state index contributed by atoms with van der Waals surface area (Å²) in [5, 5.41) is 0. The molecule has 1 saturated heterocycles. The highest BCUT2D eigenvalue weighted by molar-refractivity contribution is 9.10. The lowest BCUT2D eigenvalue weighted by atomic mass is 9.72. The molecule has 2 rings (SSSR count). The van der Waals surface area contributed by atoms with Gasteiger partial charge in [-0.2, -0.15) is 0 Å². The van der Waals surface area contributed by atoms with E-state index in [0.29, 0.717) is 5.41 Å². The smallest absolute Gasteiger partial charge is 0.0531 e. The molecule has 1 aromatic carbocycles. The Bertz CT molecular complexity index is 403. The highest BCUT2D eigenvalue weighted by Gasteiger charge is 2.41. The van der Waals surface area contributed by atoms with Crippen molar-refractivity contribution in [3.8, 4) is 0 Å². The van der Waals surface area contributed by atoms with E-state index >= 15 is 0 Å². The third-order valence-corrected chi connectivity index (χ3v) is 4.59. The first kappa shape index (κ1) is 13.7. The van der Waals surface area contributed by atoms with Gasteiger partial charge < -0.3 is 10.6 Å². The van der Waals surface area contributed by atoms with Crippen LogP contribution in [0, 0.1) is 5.41 Å². The largest absolute Gasteiger partial charge is 0.399 e. The number of nitrogens with zero attached hydrogens (tertiary/aromatic N) is 1. The van der Waals surface area contributed by atoms with Crippen molar-refractivity contribution >= 4 is 27.3 Å². The zero-order valence-corrected chi connectivity index (χ0v) is 13.0. The molecule has 18 heavy (non-hydrogen) atoms. The summed E-state index contributed by atoms with van der Waals surface area (Å²) in [7, 11) is 0.